The van der Waals surface area contributed by atoms with Crippen LogP contribution in [0.15, 0.2) is 36.4 Å². The van der Waals surface area contributed by atoms with Gasteiger partial charge in [-0.25, -0.2) is 0 Å². The topological polar surface area (TPSA) is 12.0 Å². The van der Waals surface area contributed by atoms with Crippen LogP contribution in [-0.4, -0.2) is 0 Å². The minimum absolute atomic E-state index is 0.940. The van der Waals surface area contributed by atoms with E-state index >= 15 is 0 Å². The largest absolute Gasteiger partial charge is 0.309 e. The molecule has 0 aliphatic carbocycles. The quantitative estimate of drug-likeness (QED) is 0.843. The lowest BCUT2D eigenvalue weighted by Crippen LogP contribution is -2.15. The first-order valence-corrected chi connectivity index (χ1v) is 7.46. The predicted octanol–water partition coefficient (Wildman–Crippen LogP) is 4.46. The Hall–Kier alpha value is -1.60. The summed E-state index contributed by atoms with van der Waals surface area (Å²) >= 11 is 0. The van der Waals surface area contributed by atoms with Gasteiger partial charge in [0.05, 0.1) is 0 Å². The molecule has 0 aliphatic rings. The van der Waals surface area contributed by atoms with Crippen LogP contribution in [0.1, 0.15) is 40.3 Å². The number of benzene rings is 2. The van der Waals surface area contributed by atoms with Gasteiger partial charge in [0.15, 0.2) is 0 Å². The van der Waals surface area contributed by atoms with Gasteiger partial charge in [0.25, 0.3) is 0 Å². The standard InChI is InChI=1S/C19H25N/c1-5-17-8-6-7-9-18(17)12-20-13-19-15(3)10-14(2)11-16(19)4/h6-11,20H,5,12-13H2,1-4H3. The van der Waals surface area contributed by atoms with Crippen molar-refractivity contribution in [3.8, 4) is 0 Å². The fourth-order valence-electron chi connectivity index (χ4n) is 2.89. The zero-order valence-electron chi connectivity index (χ0n) is 13.1. The molecule has 0 fully saturated rings. The van der Waals surface area contributed by atoms with E-state index < -0.39 is 0 Å². The molecule has 0 amide bonds. The van der Waals surface area contributed by atoms with Crippen molar-refractivity contribution >= 4 is 0 Å². The van der Waals surface area contributed by atoms with Crippen molar-refractivity contribution < 1.29 is 0 Å². The van der Waals surface area contributed by atoms with E-state index in [1.165, 1.54) is 33.4 Å². The molecule has 0 aliphatic heterocycles. The highest BCUT2D eigenvalue weighted by Gasteiger charge is 2.04. The SMILES string of the molecule is CCc1ccccc1CNCc1c(C)cc(C)cc1C. The van der Waals surface area contributed by atoms with Crippen LogP contribution in [0.25, 0.3) is 0 Å². The number of hydrogen-bond acceptors (Lipinski definition) is 1. The highest BCUT2D eigenvalue weighted by molar-refractivity contribution is 5.37. The van der Waals surface area contributed by atoms with Crippen LogP contribution in [0.2, 0.25) is 0 Å². The van der Waals surface area contributed by atoms with E-state index in [1.807, 2.05) is 0 Å². The van der Waals surface area contributed by atoms with E-state index in [2.05, 4.69) is 69.4 Å². The third-order valence-corrected chi connectivity index (χ3v) is 3.96. The molecule has 0 saturated heterocycles. The van der Waals surface area contributed by atoms with Crippen LogP contribution < -0.4 is 5.32 Å². The molecular formula is C19H25N. The minimum atomic E-state index is 0.940. The fraction of sp³-hybridized carbons (Fsp3) is 0.368. The van der Waals surface area contributed by atoms with Gasteiger partial charge >= 0.3 is 0 Å². The molecule has 0 bridgehead atoms. The Kier molecular flexibility index (Phi) is 4.97. The number of hydrogen-bond donors (Lipinski definition) is 1. The summed E-state index contributed by atoms with van der Waals surface area (Å²) in [6, 6.07) is 13.2. The average molecular weight is 267 g/mol. The molecule has 1 heteroatoms. The predicted molar refractivity (Wildman–Crippen MR) is 87.0 cm³/mol. The third-order valence-electron chi connectivity index (χ3n) is 3.96. The van der Waals surface area contributed by atoms with Crippen molar-refractivity contribution in [2.24, 2.45) is 0 Å². The molecule has 2 aromatic rings. The van der Waals surface area contributed by atoms with E-state index in [1.54, 1.807) is 0 Å². The van der Waals surface area contributed by atoms with Crippen molar-refractivity contribution in [3.05, 3.63) is 69.8 Å². The maximum Gasteiger partial charge on any atom is 0.0213 e. The summed E-state index contributed by atoms with van der Waals surface area (Å²) in [5.74, 6) is 0. The Morgan fingerprint density at radius 2 is 1.45 bits per heavy atom. The van der Waals surface area contributed by atoms with E-state index in [9.17, 15) is 0 Å². The Morgan fingerprint density at radius 1 is 0.850 bits per heavy atom. The molecule has 2 aromatic carbocycles. The summed E-state index contributed by atoms with van der Waals surface area (Å²) in [7, 11) is 0. The van der Waals surface area contributed by atoms with Crippen LogP contribution >= 0.6 is 0 Å². The van der Waals surface area contributed by atoms with Crippen LogP contribution in [0.5, 0.6) is 0 Å². The summed E-state index contributed by atoms with van der Waals surface area (Å²) in [5.41, 5.74) is 8.41. The molecule has 2 rings (SSSR count). The Labute approximate surface area is 123 Å². The van der Waals surface area contributed by atoms with E-state index in [0.717, 1.165) is 19.5 Å². The highest BCUT2D eigenvalue weighted by Crippen LogP contribution is 2.16. The van der Waals surface area contributed by atoms with Gasteiger partial charge in [-0.3, -0.25) is 0 Å². The second-order valence-electron chi connectivity index (χ2n) is 5.60. The molecule has 0 atom stereocenters. The lowest BCUT2D eigenvalue weighted by atomic mass is 9.99. The first-order chi connectivity index (χ1) is 9.61. The first kappa shape index (κ1) is 14.8. The van der Waals surface area contributed by atoms with Crippen LogP contribution in [0.4, 0.5) is 0 Å². The smallest absolute Gasteiger partial charge is 0.0213 e. The van der Waals surface area contributed by atoms with Crippen LogP contribution in [0, 0.1) is 20.8 Å². The molecular weight excluding hydrogens is 242 g/mol. The number of nitrogens with one attached hydrogen (secondary N) is 1. The van der Waals surface area contributed by atoms with Gasteiger partial charge < -0.3 is 5.32 Å². The van der Waals surface area contributed by atoms with Gasteiger partial charge in [0.1, 0.15) is 0 Å². The Morgan fingerprint density at radius 3 is 2.05 bits per heavy atom. The second kappa shape index (κ2) is 6.71. The van der Waals surface area contributed by atoms with Crippen molar-refractivity contribution in [2.45, 2.75) is 47.2 Å². The zero-order valence-corrected chi connectivity index (χ0v) is 13.1. The van der Waals surface area contributed by atoms with Gasteiger partial charge in [-0.1, -0.05) is 48.9 Å². The summed E-state index contributed by atoms with van der Waals surface area (Å²) in [5, 5.41) is 3.59. The molecule has 0 radical (unpaired) electrons. The summed E-state index contributed by atoms with van der Waals surface area (Å²) < 4.78 is 0. The third kappa shape index (κ3) is 3.49. The molecule has 1 nitrogen and oxygen atoms in total. The molecule has 106 valence electrons. The lowest BCUT2D eigenvalue weighted by molar-refractivity contribution is 0.683. The van der Waals surface area contributed by atoms with Crippen molar-refractivity contribution in [1.82, 2.24) is 5.32 Å². The number of rotatable bonds is 5. The number of aryl methyl sites for hydroxylation is 4. The summed E-state index contributed by atoms with van der Waals surface area (Å²) in [6.07, 6.45) is 1.10. The van der Waals surface area contributed by atoms with Gasteiger partial charge in [0, 0.05) is 13.1 Å². The second-order valence-corrected chi connectivity index (χ2v) is 5.60. The average Bonchev–Trinajstić information content (AvgIpc) is 2.42. The molecule has 0 spiro atoms. The van der Waals surface area contributed by atoms with E-state index in [-0.39, 0.29) is 0 Å². The van der Waals surface area contributed by atoms with Gasteiger partial charge in [0.2, 0.25) is 0 Å². The Balaban J connectivity index is 2.03. The Bertz CT molecular complexity index is 561. The fourth-order valence-corrected chi connectivity index (χ4v) is 2.89. The van der Waals surface area contributed by atoms with Crippen molar-refractivity contribution in [2.75, 3.05) is 0 Å². The molecule has 0 saturated carbocycles. The van der Waals surface area contributed by atoms with Crippen LogP contribution in [0.3, 0.4) is 0 Å². The maximum absolute atomic E-state index is 3.59. The van der Waals surface area contributed by atoms with Gasteiger partial charge in [-0.15, -0.1) is 0 Å². The summed E-state index contributed by atoms with van der Waals surface area (Å²) in [4.78, 5) is 0. The summed E-state index contributed by atoms with van der Waals surface area (Å²) in [6.45, 7) is 10.7. The van der Waals surface area contributed by atoms with Gasteiger partial charge in [-0.2, -0.15) is 0 Å². The monoisotopic (exact) mass is 267 g/mol. The zero-order chi connectivity index (χ0) is 14.5. The lowest BCUT2D eigenvalue weighted by Gasteiger charge is -2.13. The normalized spacial score (nSPS) is 10.8. The molecule has 0 aromatic heterocycles. The van der Waals surface area contributed by atoms with Crippen LogP contribution in [-0.2, 0) is 19.5 Å². The minimum Gasteiger partial charge on any atom is -0.309 e. The maximum atomic E-state index is 3.59. The highest BCUT2D eigenvalue weighted by atomic mass is 14.8. The van der Waals surface area contributed by atoms with Crippen molar-refractivity contribution in [1.29, 1.82) is 0 Å². The molecule has 0 heterocycles. The molecule has 0 unspecified atom stereocenters. The molecule has 1 N–H and O–H groups in total. The van der Waals surface area contributed by atoms with E-state index in [4.69, 9.17) is 0 Å². The van der Waals surface area contributed by atoms with E-state index in [0.29, 0.717) is 0 Å². The first-order valence-electron chi connectivity index (χ1n) is 7.46. The van der Waals surface area contributed by atoms with Gasteiger partial charge in [-0.05, 0) is 55.0 Å². The van der Waals surface area contributed by atoms with Crippen molar-refractivity contribution in [3.63, 3.8) is 0 Å². The molecule has 20 heavy (non-hydrogen) atoms.